The van der Waals surface area contributed by atoms with Gasteiger partial charge in [-0.15, -0.1) is 0 Å². The molecule has 0 aromatic rings. The van der Waals surface area contributed by atoms with Crippen molar-refractivity contribution < 1.29 is 4.48 Å². The first-order valence-corrected chi connectivity index (χ1v) is 5.08. The van der Waals surface area contributed by atoms with Gasteiger partial charge in [0.2, 0.25) is 0 Å². The van der Waals surface area contributed by atoms with Crippen LogP contribution in [0, 0.1) is 5.92 Å². The predicted octanol–water partition coefficient (Wildman–Crippen LogP) is 1.03. The third kappa shape index (κ3) is 2.46. The highest BCUT2D eigenvalue weighted by Crippen LogP contribution is 2.13. The molecule has 0 saturated carbocycles. The van der Waals surface area contributed by atoms with E-state index in [9.17, 15) is 0 Å². The lowest BCUT2D eigenvalue weighted by molar-refractivity contribution is -0.908. The van der Waals surface area contributed by atoms with Crippen LogP contribution in [0.4, 0.5) is 0 Å². The van der Waals surface area contributed by atoms with E-state index in [0.29, 0.717) is 0 Å². The van der Waals surface area contributed by atoms with Gasteiger partial charge in [-0.25, -0.2) is 0 Å². The van der Waals surface area contributed by atoms with Gasteiger partial charge in [-0.1, -0.05) is 6.92 Å². The Morgan fingerprint density at radius 1 is 1.50 bits per heavy atom. The van der Waals surface area contributed by atoms with Crippen molar-refractivity contribution in [1.29, 1.82) is 0 Å². The van der Waals surface area contributed by atoms with E-state index in [4.69, 9.17) is 0 Å². The van der Waals surface area contributed by atoms with Crippen molar-refractivity contribution in [2.24, 2.45) is 5.92 Å². The molecule has 2 nitrogen and oxygen atoms in total. The Morgan fingerprint density at radius 3 is 2.75 bits per heavy atom. The van der Waals surface area contributed by atoms with E-state index in [1.165, 1.54) is 37.2 Å². The van der Waals surface area contributed by atoms with E-state index >= 15 is 0 Å². The lowest BCUT2D eigenvalue weighted by atomic mass is 10.1. The second-order valence-electron chi connectivity index (χ2n) is 4.71. The Labute approximate surface area is 76.7 Å². The summed E-state index contributed by atoms with van der Waals surface area (Å²) in [5.41, 5.74) is 0. The Kier molecular flexibility index (Phi) is 3.13. The summed E-state index contributed by atoms with van der Waals surface area (Å²) in [6.07, 6.45) is 0. The molecule has 0 aromatic carbocycles. The molecule has 0 N–H and O–H groups in total. The first kappa shape index (κ1) is 10.0. The van der Waals surface area contributed by atoms with Gasteiger partial charge in [0.1, 0.15) is 0 Å². The Balaban J connectivity index is 2.57. The summed E-state index contributed by atoms with van der Waals surface area (Å²) >= 11 is 0. The third-order valence-electron chi connectivity index (χ3n) is 3.16. The minimum Gasteiger partial charge on any atom is -0.325 e. The zero-order valence-corrected chi connectivity index (χ0v) is 9.01. The highest BCUT2D eigenvalue weighted by atomic mass is 15.4. The molecule has 1 aliphatic heterocycles. The van der Waals surface area contributed by atoms with Crippen LogP contribution in [0.5, 0.6) is 0 Å². The molecule has 0 aromatic heterocycles. The number of quaternary nitrogens is 1. The normalized spacial score (nSPS) is 39.5. The van der Waals surface area contributed by atoms with Gasteiger partial charge in [0.15, 0.2) is 0 Å². The van der Waals surface area contributed by atoms with Gasteiger partial charge in [-0.3, -0.25) is 0 Å². The first-order valence-electron chi connectivity index (χ1n) is 5.08. The van der Waals surface area contributed by atoms with Crippen LogP contribution in [0.1, 0.15) is 13.8 Å². The van der Waals surface area contributed by atoms with Crippen LogP contribution in [0.3, 0.4) is 0 Å². The molecular weight excluding hydrogens is 148 g/mol. The first-order chi connectivity index (χ1) is 5.56. The molecule has 12 heavy (non-hydrogen) atoms. The molecule has 2 unspecified atom stereocenters. The lowest BCUT2D eigenvalue weighted by Gasteiger charge is -2.33. The molecule has 2 atom stereocenters. The van der Waals surface area contributed by atoms with Gasteiger partial charge in [-0.2, -0.15) is 0 Å². The molecule has 0 radical (unpaired) electrons. The van der Waals surface area contributed by atoms with Crippen LogP contribution >= 0.6 is 0 Å². The number of hydrogen-bond acceptors (Lipinski definition) is 1. The van der Waals surface area contributed by atoms with Crippen molar-refractivity contribution in [3.05, 3.63) is 0 Å². The van der Waals surface area contributed by atoms with Gasteiger partial charge in [0.25, 0.3) is 0 Å². The van der Waals surface area contributed by atoms with Gasteiger partial charge >= 0.3 is 0 Å². The standard InChI is InChI=1S/C10H23N2/c1-5-12(4)7-6-11(3)8-10(2)9-12/h10H,5-9H2,1-4H3/q+1. The van der Waals surface area contributed by atoms with Gasteiger partial charge in [0.05, 0.1) is 26.7 Å². The van der Waals surface area contributed by atoms with Crippen LogP contribution in [0.25, 0.3) is 0 Å². The number of likely N-dealkylation sites (N-methyl/N-ethyl adjacent to an activating group) is 2. The smallest absolute Gasteiger partial charge is 0.0913 e. The lowest BCUT2D eigenvalue weighted by Crippen LogP contribution is -2.47. The van der Waals surface area contributed by atoms with E-state index in [1.807, 2.05) is 0 Å². The maximum absolute atomic E-state index is 2.46. The summed E-state index contributed by atoms with van der Waals surface area (Å²) < 4.78 is 1.26. The molecule has 2 heteroatoms. The molecule has 0 amide bonds. The van der Waals surface area contributed by atoms with Crippen LogP contribution < -0.4 is 0 Å². The Hall–Kier alpha value is -0.0800. The van der Waals surface area contributed by atoms with Crippen molar-refractivity contribution in [3.63, 3.8) is 0 Å². The topological polar surface area (TPSA) is 3.24 Å². The van der Waals surface area contributed by atoms with Gasteiger partial charge in [0, 0.05) is 19.0 Å². The van der Waals surface area contributed by atoms with Crippen LogP contribution in [-0.4, -0.2) is 56.2 Å². The summed E-state index contributed by atoms with van der Waals surface area (Å²) in [6, 6.07) is 0. The predicted molar refractivity (Wildman–Crippen MR) is 53.1 cm³/mol. The molecule has 72 valence electrons. The molecule has 1 rings (SSSR count). The fourth-order valence-corrected chi connectivity index (χ4v) is 2.22. The zero-order valence-electron chi connectivity index (χ0n) is 9.01. The van der Waals surface area contributed by atoms with E-state index in [-0.39, 0.29) is 0 Å². The van der Waals surface area contributed by atoms with Crippen LogP contribution in [-0.2, 0) is 0 Å². The molecule has 0 spiro atoms. The minimum absolute atomic E-state index is 0.849. The molecule has 1 saturated heterocycles. The monoisotopic (exact) mass is 171 g/mol. The van der Waals surface area contributed by atoms with Crippen LogP contribution in [0.15, 0.2) is 0 Å². The fourth-order valence-electron chi connectivity index (χ4n) is 2.22. The average Bonchev–Trinajstić information content (AvgIpc) is 2.11. The molecular formula is C10H23N2+. The second kappa shape index (κ2) is 3.75. The number of nitrogens with zero attached hydrogens (tertiary/aromatic N) is 2. The van der Waals surface area contributed by atoms with Crippen molar-refractivity contribution in [2.75, 3.05) is 46.8 Å². The molecule has 1 aliphatic rings. The number of rotatable bonds is 1. The zero-order chi connectivity index (χ0) is 9.19. The quantitative estimate of drug-likeness (QED) is 0.533. The van der Waals surface area contributed by atoms with E-state index in [0.717, 1.165) is 5.92 Å². The minimum atomic E-state index is 0.849. The SMILES string of the molecule is CC[N+]1(C)CCN(C)CC(C)C1. The third-order valence-corrected chi connectivity index (χ3v) is 3.16. The van der Waals surface area contributed by atoms with Crippen molar-refractivity contribution in [3.8, 4) is 0 Å². The van der Waals surface area contributed by atoms with Gasteiger partial charge < -0.3 is 9.38 Å². The summed E-state index contributed by atoms with van der Waals surface area (Å²) in [7, 11) is 4.62. The maximum atomic E-state index is 2.46. The molecule has 0 bridgehead atoms. The summed E-state index contributed by atoms with van der Waals surface area (Å²) in [4.78, 5) is 2.46. The summed E-state index contributed by atoms with van der Waals surface area (Å²) in [6.45, 7) is 11.1. The van der Waals surface area contributed by atoms with Gasteiger partial charge in [-0.05, 0) is 14.0 Å². The van der Waals surface area contributed by atoms with Crippen molar-refractivity contribution >= 4 is 0 Å². The maximum Gasteiger partial charge on any atom is 0.0913 e. The largest absolute Gasteiger partial charge is 0.325 e. The summed E-state index contributed by atoms with van der Waals surface area (Å²) in [5.74, 6) is 0.849. The fraction of sp³-hybridized carbons (Fsp3) is 1.00. The highest BCUT2D eigenvalue weighted by Gasteiger charge is 2.26. The van der Waals surface area contributed by atoms with Crippen molar-refractivity contribution in [1.82, 2.24) is 4.90 Å². The number of hydrogen-bond donors (Lipinski definition) is 0. The van der Waals surface area contributed by atoms with E-state index in [1.54, 1.807) is 0 Å². The second-order valence-corrected chi connectivity index (χ2v) is 4.71. The Morgan fingerprint density at radius 2 is 2.17 bits per heavy atom. The average molecular weight is 171 g/mol. The molecule has 1 fully saturated rings. The van der Waals surface area contributed by atoms with Crippen molar-refractivity contribution in [2.45, 2.75) is 13.8 Å². The molecule has 1 heterocycles. The Bertz CT molecular complexity index is 147. The highest BCUT2D eigenvalue weighted by molar-refractivity contribution is 4.63. The van der Waals surface area contributed by atoms with E-state index < -0.39 is 0 Å². The van der Waals surface area contributed by atoms with Crippen LogP contribution in [0.2, 0.25) is 0 Å². The summed E-state index contributed by atoms with van der Waals surface area (Å²) in [5, 5.41) is 0. The van der Waals surface area contributed by atoms with E-state index in [2.05, 4.69) is 32.8 Å². The molecule has 0 aliphatic carbocycles.